The van der Waals surface area contributed by atoms with Crippen LogP contribution in [0.25, 0.3) is 0 Å². The fraction of sp³-hybridized carbons (Fsp3) is 0.381. The third kappa shape index (κ3) is 3.93. The van der Waals surface area contributed by atoms with Gasteiger partial charge < -0.3 is 9.80 Å². The van der Waals surface area contributed by atoms with Gasteiger partial charge in [-0.25, -0.2) is 0 Å². The molecular weight excluding hydrogens is 326 g/mol. The van der Waals surface area contributed by atoms with Crippen molar-refractivity contribution in [1.29, 1.82) is 0 Å². The summed E-state index contributed by atoms with van der Waals surface area (Å²) in [5, 5.41) is 0. The Morgan fingerprint density at radius 3 is 2.69 bits per heavy atom. The van der Waals surface area contributed by atoms with Crippen molar-refractivity contribution < 1.29 is 9.59 Å². The maximum absolute atomic E-state index is 12.9. The molecule has 5 heteroatoms. The van der Waals surface area contributed by atoms with E-state index in [1.165, 1.54) is 5.56 Å². The Balaban J connectivity index is 1.82. The van der Waals surface area contributed by atoms with Crippen molar-refractivity contribution >= 4 is 11.8 Å². The Hall–Kier alpha value is -2.69. The first kappa shape index (κ1) is 18.1. The number of rotatable bonds is 3. The fourth-order valence-corrected chi connectivity index (χ4v) is 3.41. The van der Waals surface area contributed by atoms with Gasteiger partial charge in [-0.1, -0.05) is 30.3 Å². The Kier molecular flexibility index (Phi) is 5.35. The summed E-state index contributed by atoms with van der Waals surface area (Å²) in [7, 11) is 1.81. The highest BCUT2D eigenvalue weighted by Crippen LogP contribution is 2.28. The molecule has 26 heavy (non-hydrogen) atoms. The first-order valence-electron chi connectivity index (χ1n) is 8.96. The molecule has 1 atom stereocenters. The van der Waals surface area contributed by atoms with Crippen LogP contribution in [0.3, 0.4) is 0 Å². The van der Waals surface area contributed by atoms with Crippen LogP contribution in [0, 0.1) is 6.92 Å². The van der Waals surface area contributed by atoms with Gasteiger partial charge in [0.1, 0.15) is 0 Å². The van der Waals surface area contributed by atoms with Gasteiger partial charge in [0.2, 0.25) is 11.8 Å². The van der Waals surface area contributed by atoms with Gasteiger partial charge in [0, 0.05) is 39.0 Å². The van der Waals surface area contributed by atoms with E-state index in [1.807, 2.05) is 43.1 Å². The molecule has 1 aromatic heterocycles. The minimum atomic E-state index is -0.119. The van der Waals surface area contributed by atoms with E-state index < -0.39 is 0 Å². The summed E-state index contributed by atoms with van der Waals surface area (Å²) in [6, 6.07) is 11.9. The maximum atomic E-state index is 12.9. The molecule has 0 N–H and O–H groups in total. The van der Waals surface area contributed by atoms with Gasteiger partial charge in [0.25, 0.3) is 0 Å². The quantitative estimate of drug-likeness (QED) is 0.854. The Morgan fingerprint density at radius 1 is 1.23 bits per heavy atom. The van der Waals surface area contributed by atoms with E-state index in [0.717, 1.165) is 23.2 Å². The fourth-order valence-electron chi connectivity index (χ4n) is 3.41. The van der Waals surface area contributed by atoms with E-state index in [-0.39, 0.29) is 17.9 Å². The lowest BCUT2D eigenvalue weighted by Gasteiger charge is -2.31. The number of aryl methyl sites for hydroxylation is 1. The monoisotopic (exact) mass is 351 g/mol. The van der Waals surface area contributed by atoms with E-state index in [4.69, 9.17) is 0 Å². The molecule has 0 bridgehead atoms. The molecule has 1 unspecified atom stereocenters. The van der Waals surface area contributed by atoms with Crippen LogP contribution in [-0.4, -0.2) is 46.7 Å². The summed E-state index contributed by atoms with van der Waals surface area (Å²) < 4.78 is 0. The van der Waals surface area contributed by atoms with Crippen LogP contribution >= 0.6 is 0 Å². The molecule has 1 aliphatic rings. The number of hydrogen-bond acceptors (Lipinski definition) is 3. The van der Waals surface area contributed by atoms with Crippen LogP contribution < -0.4 is 0 Å². The summed E-state index contributed by atoms with van der Waals surface area (Å²) in [5.41, 5.74) is 4.20. The minimum absolute atomic E-state index is 0.00170. The molecule has 136 valence electrons. The molecule has 1 aromatic carbocycles. The average molecular weight is 351 g/mol. The zero-order valence-electron chi connectivity index (χ0n) is 15.6. The van der Waals surface area contributed by atoms with Gasteiger partial charge in [-0.05, 0) is 36.1 Å². The van der Waals surface area contributed by atoms with Gasteiger partial charge in [-0.15, -0.1) is 0 Å². The van der Waals surface area contributed by atoms with E-state index in [1.54, 1.807) is 18.0 Å². The number of likely N-dealkylation sites (N-methyl/N-ethyl adjacent to an activating group) is 1. The number of amides is 2. The molecule has 0 aliphatic carbocycles. The van der Waals surface area contributed by atoms with Crippen LogP contribution in [0.4, 0.5) is 0 Å². The number of nitrogens with zero attached hydrogens (tertiary/aromatic N) is 3. The van der Waals surface area contributed by atoms with Crippen molar-refractivity contribution in [2.45, 2.75) is 32.7 Å². The molecule has 0 fully saturated rings. The highest BCUT2D eigenvalue weighted by atomic mass is 16.2. The number of carbonyl (C=O) groups is 2. The molecule has 0 spiro atoms. The van der Waals surface area contributed by atoms with E-state index in [0.29, 0.717) is 19.5 Å². The van der Waals surface area contributed by atoms with Gasteiger partial charge >= 0.3 is 0 Å². The second-order valence-electron chi connectivity index (χ2n) is 6.92. The van der Waals surface area contributed by atoms with E-state index >= 15 is 0 Å². The SMILES string of the molecule is CC(=O)N(C)C1CN(C(=O)Cc2ccc(C)nc2)CCc2ccccc21. The summed E-state index contributed by atoms with van der Waals surface area (Å²) >= 11 is 0. The standard InChI is InChI=1S/C21H25N3O2/c1-15-8-9-17(13-22-15)12-21(26)24-11-10-18-6-4-5-7-19(18)20(14-24)23(3)16(2)25/h4-9,13,20H,10-12,14H2,1-3H3. The predicted octanol–water partition coefficient (Wildman–Crippen LogP) is 2.54. The molecule has 5 nitrogen and oxygen atoms in total. The summed E-state index contributed by atoms with van der Waals surface area (Å²) in [4.78, 5) is 32.8. The van der Waals surface area contributed by atoms with Crippen molar-refractivity contribution in [3.63, 3.8) is 0 Å². The van der Waals surface area contributed by atoms with E-state index in [2.05, 4.69) is 17.1 Å². The number of fused-ring (bicyclic) bond motifs is 1. The maximum Gasteiger partial charge on any atom is 0.227 e. The first-order valence-corrected chi connectivity index (χ1v) is 8.96. The van der Waals surface area contributed by atoms with E-state index in [9.17, 15) is 9.59 Å². The third-order valence-electron chi connectivity index (χ3n) is 5.10. The highest BCUT2D eigenvalue weighted by molar-refractivity contribution is 5.79. The topological polar surface area (TPSA) is 53.5 Å². The third-order valence-corrected chi connectivity index (χ3v) is 5.10. The molecule has 0 saturated carbocycles. The molecule has 1 aliphatic heterocycles. The lowest BCUT2D eigenvalue weighted by atomic mass is 9.98. The highest BCUT2D eigenvalue weighted by Gasteiger charge is 2.29. The number of pyridine rings is 1. The minimum Gasteiger partial charge on any atom is -0.340 e. The lowest BCUT2D eigenvalue weighted by Crippen LogP contribution is -2.41. The van der Waals surface area contributed by atoms with Crippen molar-refractivity contribution in [3.05, 3.63) is 65.0 Å². The number of benzene rings is 1. The van der Waals surface area contributed by atoms with Gasteiger partial charge in [-0.2, -0.15) is 0 Å². The zero-order valence-corrected chi connectivity index (χ0v) is 15.6. The molecule has 3 rings (SSSR count). The summed E-state index contributed by atoms with van der Waals surface area (Å²) in [6.45, 7) is 4.68. The van der Waals surface area contributed by atoms with Crippen LogP contribution in [0.2, 0.25) is 0 Å². The van der Waals surface area contributed by atoms with Gasteiger partial charge in [-0.3, -0.25) is 14.6 Å². The molecular formula is C21H25N3O2. The van der Waals surface area contributed by atoms with Crippen molar-refractivity contribution in [2.75, 3.05) is 20.1 Å². The van der Waals surface area contributed by atoms with Gasteiger partial charge in [0.05, 0.1) is 12.5 Å². The number of hydrogen-bond donors (Lipinski definition) is 0. The molecule has 0 saturated heterocycles. The molecule has 0 radical (unpaired) electrons. The predicted molar refractivity (Wildman–Crippen MR) is 101 cm³/mol. The van der Waals surface area contributed by atoms with Crippen LogP contribution in [0.1, 0.15) is 35.3 Å². The van der Waals surface area contributed by atoms with Crippen molar-refractivity contribution in [3.8, 4) is 0 Å². The first-order chi connectivity index (χ1) is 12.5. The van der Waals surface area contributed by atoms with Gasteiger partial charge in [0.15, 0.2) is 0 Å². The Labute approximate surface area is 154 Å². The Bertz CT molecular complexity index is 801. The lowest BCUT2D eigenvalue weighted by molar-refractivity contribution is -0.135. The average Bonchev–Trinajstić information content (AvgIpc) is 2.83. The van der Waals surface area contributed by atoms with Crippen LogP contribution in [0.5, 0.6) is 0 Å². The normalized spacial score (nSPS) is 16.6. The second-order valence-corrected chi connectivity index (χ2v) is 6.92. The molecule has 2 heterocycles. The number of aromatic nitrogens is 1. The summed E-state index contributed by atoms with van der Waals surface area (Å²) in [6.07, 6.45) is 2.90. The molecule has 2 aromatic rings. The smallest absolute Gasteiger partial charge is 0.227 e. The largest absolute Gasteiger partial charge is 0.340 e. The van der Waals surface area contributed by atoms with Crippen molar-refractivity contribution in [2.24, 2.45) is 0 Å². The Morgan fingerprint density at radius 2 is 2.00 bits per heavy atom. The van der Waals surface area contributed by atoms with Crippen LogP contribution in [-0.2, 0) is 22.4 Å². The van der Waals surface area contributed by atoms with Crippen LogP contribution in [0.15, 0.2) is 42.6 Å². The number of carbonyl (C=O) groups excluding carboxylic acids is 2. The molecule has 2 amide bonds. The second kappa shape index (κ2) is 7.68. The zero-order chi connectivity index (χ0) is 18.7. The van der Waals surface area contributed by atoms with Crippen molar-refractivity contribution in [1.82, 2.24) is 14.8 Å². The summed E-state index contributed by atoms with van der Waals surface area (Å²) in [5.74, 6) is 0.0762.